The van der Waals surface area contributed by atoms with Gasteiger partial charge in [0.15, 0.2) is 0 Å². The van der Waals surface area contributed by atoms with Crippen LogP contribution in [0, 0.1) is 17.8 Å². The maximum atomic E-state index is 2.73. The van der Waals surface area contributed by atoms with Crippen LogP contribution in [0.4, 0.5) is 34.1 Å². The first-order chi connectivity index (χ1) is 27.7. The number of hydrogen-bond acceptors (Lipinski definition) is 2. The molecular formula is C56H67BN2. The predicted octanol–water partition coefficient (Wildman–Crippen LogP) is 13.4. The highest BCUT2D eigenvalue weighted by Gasteiger charge is 2.53. The average Bonchev–Trinajstić information content (AvgIpc) is 3.15. The highest BCUT2D eigenvalue weighted by Crippen LogP contribution is 2.62. The average molecular weight is 779 g/mol. The number of fused-ring (bicyclic) bond motifs is 4. The van der Waals surface area contributed by atoms with Gasteiger partial charge in [-0.2, -0.15) is 0 Å². The SMILES string of the molecule is CC(C)(C)c1ccc(N2c3ccc(C(C)(C)C)cc3B3c4ccccc4N(c4cc(C(C)(C)C)cc(C(C)(C)C)c4)c4cc(C56CC7CC(CC(C7)C5)C6)cc2c43)cc1. The molecule has 6 aliphatic rings. The van der Waals surface area contributed by atoms with E-state index in [1.807, 2.05) is 0 Å². The molecule has 0 spiro atoms. The van der Waals surface area contributed by atoms with Crippen LogP contribution in [0.3, 0.4) is 0 Å². The summed E-state index contributed by atoms with van der Waals surface area (Å²) in [6.07, 6.45) is 8.38. The van der Waals surface area contributed by atoms with Crippen molar-refractivity contribution in [2.75, 3.05) is 9.80 Å². The van der Waals surface area contributed by atoms with Crippen LogP contribution in [0.2, 0.25) is 0 Å². The number of hydrogen-bond donors (Lipinski definition) is 0. The maximum Gasteiger partial charge on any atom is 0.252 e. The third-order valence-electron chi connectivity index (χ3n) is 15.4. The number of anilines is 6. The van der Waals surface area contributed by atoms with Crippen molar-refractivity contribution < 1.29 is 0 Å². The monoisotopic (exact) mass is 779 g/mol. The molecule has 4 bridgehead atoms. The number of benzene rings is 5. The second kappa shape index (κ2) is 12.9. The summed E-state index contributed by atoms with van der Waals surface area (Å²) in [5.41, 5.74) is 19.7. The quantitative estimate of drug-likeness (QED) is 0.165. The normalized spacial score (nSPS) is 23.3. The first-order valence-electron chi connectivity index (χ1n) is 23.0. The molecule has 2 heterocycles. The van der Waals surface area contributed by atoms with Gasteiger partial charge in [0.05, 0.1) is 0 Å². The summed E-state index contributed by atoms with van der Waals surface area (Å²) in [7, 11) is 0. The second-order valence-corrected chi connectivity index (χ2v) is 23.9. The maximum absolute atomic E-state index is 2.73. The van der Waals surface area contributed by atoms with Gasteiger partial charge in [-0.15, -0.1) is 0 Å². The van der Waals surface area contributed by atoms with Crippen molar-refractivity contribution in [2.45, 2.75) is 149 Å². The highest BCUT2D eigenvalue weighted by molar-refractivity contribution is 7.00. The lowest BCUT2D eigenvalue weighted by Crippen LogP contribution is -2.61. The van der Waals surface area contributed by atoms with Crippen molar-refractivity contribution in [3.63, 3.8) is 0 Å². The van der Waals surface area contributed by atoms with E-state index in [-0.39, 0.29) is 33.8 Å². The molecule has 0 N–H and O–H groups in total. The van der Waals surface area contributed by atoms with Gasteiger partial charge >= 0.3 is 0 Å². The molecule has 5 aromatic rings. The van der Waals surface area contributed by atoms with E-state index in [1.165, 1.54) is 111 Å². The number of rotatable bonds is 3. The molecule has 0 radical (unpaired) electrons. The van der Waals surface area contributed by atoms with Crippen molar-refractivity contribution in [3.8, 4) is 0 Å². The molecular weight excluding hydrogens is 711 g/mol. The van der Waals surface area contributed by atoms with E-state index in [4.69, 9.17) is 0 Å². The summed E-state index contributed by atoms with van der Waals surface area (Å²) < 4.78 is 0. The van der Waals surface area contributed by atoms with Crippen molar-refractivity contribution in [1.82, 2.24) is 0 Å². The van der Waals surface area contributed by atoms with Gasteiger partial charge in [-0.3, -0.25) is 0 Å². The lowest BCUT2D eigenvalue weighted by molar-refractivity contribution is -0.00514. The highest BCUT2D eigenvalue weighted by atomic mass is 15.2. The fraction of sp³-hybridized carbons (Fsp3) is 0.464. The van der Waals surface area contributed by atoms with Gasteiger partial charge in [0.25, 0.3) is 6.71 Å². The van der Waals surface area contributed by atoms with Gasteiger partial charge in [-0.1, -0.05) is 132 Å². The number of nitrogens with zero attached hydrogens (tertiary/aromatic N) is 2. The van der Waals surface area contributed by atoms with Gasteiger partial charge in [-0.25, -0.2) is 0 Å². The Hall–Kier alpha value is -4.24. The minimum absolute atomic E-state index is 0.00658. The standard InChI is InChI=1S/C56H67BN2/c1-52(2,3)38-17-20-43(21-18-38)58-48-22-19-39(53(4,5)6)29-46(48)57-45-15-13-14-16-47(45)59(44-27-40(54(7,8)9)26-41(28-44)55(10,11)12)50-31-42(30-49(58)51(50)57)56-32-35-23-36(33-56)25-37(24-35)34-56/h13-22,26-31,35-37H,23-25,32-34H2,1-12H3. The molecule has 3 heteroatoms. The van der Waals surface area contributed by atoms with E-state index < -0.39 is 0 Å². The van der Waals surface area contributed by atoms with Crippen molar-refractivity contribution >= 4 is 57.2 Å². The molecule has 11 rings (SSSR count). The molecule has 0 aromatic heterocycles. The fourth-order valence-corrected chi connectivity index (χ4v) is 12.5. The molecule has 304 valence electrons. The molecule has 0 saturated heterocycles. The van der Waals surface area contributed by atoms with Gasteiger partial charge in [0, 0.05) is 34.1 Å². The van der Waals surface area contributed by atoms with Crippen molar-refractivity contribution in [3.05, 3.63) is 125 Å². The first-order valence-corrected chi connectivity index (χ1v) is 23.0. The molecule has 4 aliphatic carbocycles. The Labute approximate surface area is 356 Å². The van der Waals surface area contributed by atoms with Gasteiger partial charge in [0.2, 0.25) is 0 Å². The van der Waals surface area contributed by atoms with Gasteiger partial charge < -0.3 is 9.80 Å². The zero-order valence-corrected chi connectivity index (χ0v) is 38.2. The van der Waals surface area contributed by atoms with Crippen LogP contribution in [-0.2, 0) is 27.1 Å². The summed E-state index contributed by atoms with van der Waals surface area (Å²) in [4.78, 5) is 5.38. The van der Waals surface area contributed by atoms with Crippen molar-refractivity contribution in [1.29, 1.82) is 0 Å². The predicted molar refractivity (Wildman–Crippen MR) is 255 cm³/mol. The van der Waals surface area contributed by atoms with Crippen molar-refractivity contribution in [2.24, 2.45) is 17.8 Å². The summed E-state index contributed by atoms with van der Waals surface area (Å²) in [6, 6.07) is 39.4. The van der Waals surface area contributed by atoms with Crippen LogP contribution in [0.15, 0.2) is 97.1 Å². The van der Waals surface area contributed by atoms with Crippen LogP contribution in [0.5, 0.6) is 0 Å². The lowest BCUT2D eigenvalue weighted by Gasteiger charge is -2.57. The Morgan fingerprint density at radius 3 is 1.44 bits per heavy atom. The molecule has 4 saturated carbocycles. The van der Waals surface area contributed by atoms with E-state index in [2.05, 4.69) is 190 Å². The Morgan fingerprint density at radius 2 is 0.915 bits per heavy atom. The lowest BCUT2D eigenvalue weighted by atomic mass is 9.33. The van der Waals surface area contributed by atoms with Crippen LogP contribution >= 0.6 is 0 Å². The second-order valence-electron chi connectivity index (χ2n) is 23.9. The van der Waals surface area contributed by atoms with Crippen LogP contribution < -0.4 is 26.2 Å². The van der Waals surface area contributed by atoms with Gasteiger partial charge in [-0.05, 0) is 176 Å². The van der Waals surface area contributed by atoms with E-state index in [1.54, 1.807) is 5.56 Å². The largest absolute Gasteiger partial charge is 0.311 e. The molecule has 4 fully saturated rings. The first kappa shape index (κ1) is 38.9. The Kier molecular flexibility index (Phi) is 8.51. The molecule has 2 aliphatic heterocycles. The van der Waals surface area contributed by atoms with Crippen LogP contribution in [0.1, 0.15) is 149 Å². The van der Waals surface area contributed by atoms with E-state index in [0.29, 0.717) is 0 Å². The van der Waals surface area contributed by atoms with E-state index >= 15 is 0 Å². The smallest absolute Gasteiger partial charge is 0.252 e. The summed E-state index contributed by atoms with van der Waals surface area (Å²) in [5.74, 6) is 2.61. The van der Waals surface area contributed by atoms with Gasteiger partial charge in [0.1, 0.15) is 0 Å². The topological polar surface area (TPSA) is 6.48 Å². The molecule has 5 aromatic carbocycles. The Morgan fingerprint density at radius 1 is 0.441 bits per heavy atom. The third-order valence-corrected chi connectivity index (χ3v) is 15.4. The van der Waals surface area contributed by atoms with E-state index in [9.17, 15) is 0 Å². The molecule has 59 heavy (non-hydrogen) atoms. The molecule has 0 amide bonds. The van der Waals surface area contributed by atoms with E-state index in [0.717, 1.165) is 17.8 Å². The van der Waals surface area contributed by atoms with Crippen LogP contribution in [0.25, 0.3) is 0 Å². The minimum Gasteiger partial charge on any atom is -0.311 e. The van der Waals surface area contributed by atoms with Crippen LogP contribution in [-0.4, -0.2) is 6.71 Å². The summed E-state index contributed by atoms with van der Waals surface area (Å²) in [5, 5.41) is 0. The minimum atomic E-state index is 0.00658. The zero-order chi connectivity index (χ0) is 41.6. The fourth-order valence-electron chi connectivity index (χ4n) is 12.5. The molecule has 2 nitrogen and oxygen atoms in total. The Balaban J connectivity index is 1.31. The molecule has 0 unspecified atom stereocenters. The number of para-hydroxylation sites is 1. The zero-order valence-electron chi connectivity index (χ0n) is 38.2. The summed E-state index contributed by atoms with van der Waals surface area (Å²) >= 11 is 0. The third kappa shape index (κ3) is 6.34. The molecule has 0 atom stereocenters. The summed E-state index contributed by atoms with van der Waals surface area (Å²) in [6.45, 7) is 28.4. The Bertz CT molecular complexity index is 2410.